The first-order valence-electron chi connectivity index (χ1n) is 10.1. The van der Waals surface area contributed by atoms with Gasteiger partial charge in [0.25, 0.3) is 5.91 Å². The number of hydrogen-bond acceptors (Lipinski definition) is 5. The molecule has 5 rings (SSSR count). The van der Waals surface area contributed by atoms with Gasteiger partial charge in [0.15, 0.2) is 5.78 Å². The molecule has 1 aliphatic carbocycles. The van der Waals surface area contributed by atoms with Crippen LogP contribution in [0, 0.1) is 5.92 Å². The second-order valence-corrected chi connectivity index (χ2v) is 7.89. The van der Waals surface area contributed by atoms with Crippen LogP contribution in [0.3, 0.4) is 0 Å². The van der Waals surface area contributed by atoms with Crippen LogP contribution in [0.25, 0.3) is 10.8 Å². The van der Waals surface area contributed by atoms with Gasteiger partial charge in [-0.05, 0) is 47.6 Å². The summed E-state index contributed by atoms with van der Waals surface area (Å²) in [6, 6.07) is 10.4. The van der Waals surface area contributed by atoms with E-state index in [1.165, 1.54) is 22.7 Å². The van der Waals surface area contributed by atoms with Crippen molar-refractivity contribution in [3.63, 3.8) is 0 Å². The first kappa shape index (κ1) is 17.8. The lowest BCUT2D eigenvalue weighted by molar-refractivity contribution is 0.0907. The predicted molar refractivity (Wildman–Crippen MR) is 111 cm³/mol. The molecule has 1 aromatic heterocycles. The van der Waals surface area contributed by atoms with Crippen LogP contribution in [-0.4, -0.2) is 34.7 Å². The van der Waals surface area contributed by atoms with E-state index in [-0.39, 0.29) is 17.4 Å². The highest BCUT2D eigenvalue weighted by atomic mass is 16.1. The Morgan fingerprint density at radius 1 is 1.07 bits per heavy atom. The Kier molecular flexibility index (Phi) is 4.27. The number of amides is 1. The molecule has 6 heteroatoms. The molecule has 2 aromatic carbocycles. The molecule has 1 atom stereocenters. The van der Waals surface area contributed by atoms with Gasteiger partial charge in [-0.15, -0.1) is 0 Å². The van der Waals surface area contributed by atoms with Crippen molar-refractivity contribution in [2.24, 2.45) is 11.7 Å². The highest BCUT2D eigenvalue weighted by Crippen LogP contribution is 2.34. The van der Waals surface area contributed by atoms with Crippen LogP contribution in [0.2, 0.25) is 0 Å². The number of hydrogen-bond donors (Lipinski definition) is 1. The largest absolute Gasteiger partial charge is 0.364 e. The van der Waals surface area contributed by atoms with Gasteiger partial charge in [-0.2, -0.15) is 0 Å². The molecular formula is C23H22N4O2. The maximum Gasteiger partial charge on any atom is 0.268 e. The molecule has 0 unspecified atom stereocenters. The van der Waals surface area contributed by atoms with Crippen molar-refractivity contribution in [3.05, 3.63) is 65.1 Å². The average molecular weight is 386 g/mol. The van der Waals surface area contributed by atoms with E-state index in [0.717, 1.165) is 43.2 Å². The minimum atomic E-state index is -0.600. The molecule has 1 aliphatic heterocycles. The third-order valence-corrected chi connectivity index (χ3v) is 6.13. The van der Waals surface area contributed by atoms with Gasteiger partial charge in [0.2, 0.25) is 0 Å². The topological polar surface area (TPSA) is 89.2 Å². The lowest BCUT2D eigenvalue weighted by atomic mass is 9.87. The SMILES string of the molecule is NC(=O)c1cncc(N2CCC[C@@H](C(=O)c3ccc4c5c(cccc35)CC4)C2)n1. The highest BCUT2D eigenvalue weighted by Gasteiger charge is 2.29. The van der Waals surface area contributed by atoms with Gasteiger partial charge in [-0.25, -0.2) is 4.98 Å². The zero-order valence-corrected chi connectivity index (χ0v) is 16.1. The van der Waals surface area contributed by atoms with Crippen molar-refractivity contribution in [2.45, 2.75) is 25.7 Å². The fourth-order valence-corrected chi connectivity index (χ4v) is 4.71. The number of nitrogens with two attached hydrogens (primary N) is 1. The summed E-state index contributed by atoms with van der Waals surface area (Å²) in [7, 11) is 0. The molecule has 2 aliphatic rings. The molecule has 29 heavy (non-hydrogen) atoms. The van der Waals surface area contributed by atoms with Crippen LogP contribution in [0.1, 0.15) is 44.8 Å². The summed E-state index contributed by atoms with van der Waals surface area (Å²) in [6.45, 7) is 1.35. The van der Waals surface area contributed by atoms with Crippen LogP contribution >= 0.6 is 0 Å². The van der Waals surface area contributed by atoms with E-state index in [9.17, 15) is 9.59 Å². The number of primary amides is 1. The quantitative estimate of drug-likeness (QED) is 0.697. The molecular weight excluding hydrogens is 364 g/mol. The molecule has 3 aromatic rings. The zero-order chi connectivity index (χ0) is 20.0. The lowest BCUT2D eigenvalue weighted by Gasteiger charge is -2.33. The van der Waals surface area contributed by atoms with Crippen LogP contribution in [0.5, 0.6) is 0 Å². The molecule has 2 N–H and O–H groups in total. The summed E-state index contributed by atoms with van der Waals surface area (Å²) in [5.41, 5.74) is 8.98. The third-order valence-electron chi connectivity index (χ3n) is 6.13. The van der Waals surface area contributed by atoms with E-state index < -0.39 is 5.91 Å². The second-order valence-electron chi connectivity index (χ2n) is 7.89. The number of Topliss-reactive ketones (excluding diaryl/α,β-unsaturated/α-hetero) is 1. The average Bonchev–Trinajstić information content (AvgIpc) is 3.19. The number of rotatable bonds is 4. The van der Waals surface area contributed by atoms with Gasteiger partial charge in [-0.3, -0.25) is 14.6 Å². The standard InChI is InChI=1S/C23H22N4O2/c24-23(29)19-11-25-12-20(26-19)27-10-2-4-16(13-27)22(28)18-9-8-15-7-6-14-3-1-5-17(18)21(14)15/h1,3,5,8-9,11-12,16H,2,4,6-7,10,13H2,(H2,24,29)/t16-/m1/s1. The summed E-state index contributed by atoms with van der Waals surface area (Å²) in [6.07, 6.45) is 6.83. The van der Waals surface area contributed by atoms with Crippen LogP contribution < -0.4 is 10.6 Å². The summed E-state index contributed by atoms with van der Waals surface area (Å²) in [5.74, 6) is 0.0710. The van der Waals surface area contributed by atoms with Crippen LogP contribution in [0.15, 0.2) is 42.7 Å². The number of piperidine rings is 1. The number of aryl methyl sites for hydroxylation is 2. The fourth-order valence-electron chi connectivity index (χ4n) is 4.71. The van der Waals surface area contributed by atoms with E-state index in [4.69, 9.17) is 5.73 Å². The predicted octanol–water partition coefficient (Wildman–Crippen LogP) is 2.93. The van der Waals surface area contributed by atoms with Crippen molar-refractivity contribution in [1.82, 2.24) is 9.97 Å². The first-order chi connectivity index (χ1) is 14.1. The van der Waals surface area contributed by atoms with E-state index in [0.29, 0.717) is 12.4 Å². The van der Waals surface area contributed by atoms with E-state index in [1.54, 1.807) is 6.20 Å². The van der Waals surface area contributed by atoms with Gasteiger partial charge < -0.3 is 10.6 Å². The van der Waals surface area contributed by atoms with Crippen molar-refractivity contribution in [1.29, 1.82) is 0 Å². The van der Waals surface area contributed by atoms with Gasteiger partial charge in [-0.1, -0.05) is 30.3 Å². The molecule has 0 bridgehead atoms. The number of ketones is 1. The zero-order valence-electron chi connectivity index (χ0n) is 16.1. The summed E-state index contributed by atoms with van der Waals surface area (Å²) < 4.78 is 0. The Morgan fingerprint density at radius 2 is 1.90 bits per heavy atom. The molecule has 6 nitrogen and oxygen atoms in total. The first-order valence-corrected chi connectivity index (χ1v) is 10.1. The summed E-state index contributed by atoms with van der Waals surface area (Å²) in [5, 5.41) is 2.35. The fraction of sp³-hybridized carbons (Fsp3) is 0.304. The number of nitrogens with zero attached hydrogens (tertiary/aromatic N) is 3. The van der Waals surface area contributed by atoms with Gasteiger partial charge in [0.05, 0.1) is 12.4 Å². The third kappa shape index (κ3) is 3.05. The number of carbonyl (C=O) groups excluding carboxylic acids is 2. The van der Waals surface area contributed by atoms with Gasteiger partial charge in [0, 0.05) is 24.6 Å². The second kappa shape index (κ2) is 6.95. The Hall–Kier alpha value is -3.28. The molecule has 0 spiro atoms. The number of carbonyl (C=O) groups is 2. The minimum absolute atomic E-state index is 0.110. The van der Waals surface area contributed by atoms with Crippen molar-refractivity contribution < 1.29 is 9.59 Å². The maximum atomic E-state index is 13.5. The molecule has 2 heterocycles. The number of anilines is 1. The molecule has 1 amide bonds. The smallest absolute Gasteiger partial charge is 0.268 e. The molecule has 0 saturated carbocycles. The van der Waals surface area contributed by atoms with Crippen molar-refractivity contribution >= 4 is 28.3 Å². The molecule has 0 radical (unpaired) electrons. The van der Waals surface area contributed by atoms with Crippen LogP contribution in [-0.2, 0) is 12.8 Å². The number of aromatic nitrogens is 2. The monoisotopic (exact) mass is 386 g/mol. The minimum Gasteiger partial charge on any atom is -0.364 e. The summed E-state index contributed by atoms with van der Waals surface area (Å²) in [4.78, 5) is 35.3. The van der Waals surface area contributed by atoms with E-state index >= 15 is 0 Å². The van der Waals surface area contributed by atoms with E-state index in [2.05, 4.69) is 34.2 Å². The normalized spacial score (nSPS) is 18.2. The Balaban J connectivity index is 1.45. The molecule has 1 fully saturated rings. The van der Waals surface area contributed by atoms with Gasteiger partial charge >= 0.3 is 0 Å². The Bertz CT molecular complexity index is 1130. The van der Waals surface area contributed by atoms with Crippen molar-refractivity contribution in [2.75, 3.05) is 18.0 Å². The Morgan fingerprint density at radius 3 is 2.72 bits per heavy atom. The molecule has 1 saturated heterocycles. The maximum absolute atomic E-state index is 13.5. The van der Waals surface area contributed by atoms with Crippen LogP contribution in [0.4, 0.5) is 5.82 Å². The number of benzene rings is 2. The lowest BCUT2D eigenvalue weighted by Crippen LogP contribution is -2.39. The van der Waals surface area contributed by atoms with E-state index in [1.807, 2.05) is 11.0 Å². The summed E-state index contributed by atoms with van der Waals surface area (Å²) >= 11 is 0. The van der Waals surface area contributed by atoms with Gasteiger partial charge in [0.1, 0.15) is 11.5 Å². The Labute approximate surface area is 168 Å². The molecule has 146 valence electrons. The van der Waals surface area contributed by atoms with Crippen molar-refractivity contribution in [3.8, 4) is 0 Å². The highest BCUT2D eigenvalue weighted by molar-refractivity contribution is 6.11.